The molecule has 5 aliphatic rings. The molecule has 1 saturated carbocycles. The average molecular weight is 297 g/mol. The maximum Gasteiger partial charge on any atom is 0.238 e. The summed E-state index contributed by atoms with van der Waals surface area (Å²) in [6.07, 6.45) is 6.28. The Morgan fingerprint density at radius 3 is 2.18 bits per heavy atom. The second-order valence-corrected chi connectivity index (χ2v) is 6.39. The summed E-state index contributed by atoms with van der Waals surface area (Å²) in [6.45, 7) is 0.181. The van der Waals surface area contributed by atoms with Crippen LogP contribution < -0.4 is 14.4 Å². The van der Waals surface area contributed by atoms with E-state index < -0.39 is 0 Å². The smallest absolute Gasteiger partial charge is 0.238 e. The summed E-state index contributed by atoms with van der Waals surface area (Å²) in [5.41, 5.74) is 0.591. The van der Waals surface area contributed by atoms with Crippen LogP contribution in [0.3, 0.4) is 0 Å². The first-order valence-electron chi connectivity index (χ1n) is 7.70. The minimum absolute atomic E-state index is 0.0621. The minimum Gasteiger partial charge on any atom is -0.454 e. The van der Waals surface area contributed by atoms with E-state index in [0.29, 0.717) is 17.2 Å². The van der Waals surface area contributed by atoms with Gasteiger partial charge in [-0.1, -0.05) is 12.2 Å². The van der Waals surface area contributed by atoms with Crippen molar-refractivity contribution in [2.45, 2.75) is 12.8 Å². The molecule has 1 aromatic rings. The fourth-order valence-corrected chi connectivity index (χ4v) is 4.35. The van der Waals surface area contributed by atoms with Crippen LogP contribution in [-0.2, 0) is 9.59 Å². The fraction of sp³-hybridized carbons (Fsp3) is 0.412. The molecule has 0 N–H and O–H groups in total. The van der Waals surface area contributed by atoms with E-state index in [1.807, 2.05) is 0 Å². The average Bonchev–Trinajstić information content (AvgIpc) is 3.12. The van der Waals surface area contributed by atoms with Crippen LogP contribution in [0, 0.1) is 23.7 Å². The van der Waals surface area contributed by atoms with Gasteiger partial charge in [-0.15, -0.1) is 0 Å². The molecule has 0 radical (unpaired) electrons. The van der Waals surface area contributed by atoms with Crippen LogP contribution in [0.15, 0.2) is 30.4 Å². The van der Waals surface area contributed by atoms with Gasteiger partial charge in [-0.2, -0.15) is 0 Å². The summed E-state index contributed by atoms with van der Waals surface area (Å²) in [7, 11) is 0. The molecule has 112 valence electrons. The second kappa shape index (κ2) is 4.12. The van der Waals surface area contributed by atoms with E-state index in [1.54, 1.807) is 18.2 Å². The third kappa shape index (κ3) is 1.43. The summed E-state index contributed by atoms with van der Waals surface area (Å²) in [4.78, 5) is 27.0. The SMILES string of the molecule is O=C1[C@@H]2[C@H](C(=O)N1c1ccc3c(c1)OCO3)[C@@H]1C=C[C@H]2CC1. The number of allylic oxidation sites excluding steroid dienone is 2. The maximum atomic E-state index is 12.8. The zero-order valence-corrected chi connectivity index (χ0v) is 11.9. The Hall–Kier alpha value is -2.30. The topological polar surface area (TPSA) is 55.8 Å². The van der Waals surface area contributed by atoms with E-state index in [1.165, 1.54) is 4.90 Å². The molecular formula is C17H15NO4. The van der Waals surface area contributed by atoms with E-state index in [4.69, 9.17) is 9.47 Å². The van der Waals surface area contributed by atoms with Crippen molar-refractivity contribution < 1.29 is 19.1 Å². The van der Waals surface area contributed by atoms with Crippen LogP contribution in [-0.4, -0.2) is 18.6 Å². The summed E-state index contributed by atoms with van der Waals surface area (Å²) in [5.74, 6) is 1.19. The van der Waals surface area contributed by atoms with Gasteiger partial charge >= 0.3 is 0 Å². The molecular weight excluding hydrogens is 282 g/mol. The van der Waals surface area contributed by atoms with Crippen molar-refractivity contribution in [3.63, 3.8) is 0 Å². The highest BCUT2D eigenvalue weighted by Crippen LogP contribution is 2.51. The molecule has 5 heteroatoms. The number of hydrogen-bond acceptors (Lipinski definition) is 4. The number of hydrogen-bond donors (Lipinski definition) is 0. The minimum atomic E-state index is -0.179. The lowest BCUT2D eigenvalue weighted by molar-refractivity contribution is -0.124. The van der Waals surface area contributed by atoms with Gasteiger partial charge in [-0.05, 0) is 36.8 Å². The van der Waals surface area contributed by atoms with Crippen molar-refractivity contribution in [2.75, 3.05) is 11.7 Å². The molecule has 2 fully saturated rings. The Labute approximate surface area is 127 Å². The quantitative estimate of drug-likeness (QED) is 0.588. The molecule has 0 spiro atoms. The number of carbonyl (C=O) groups is 2. The van der Waals surface area contributed by atoms with Gasteiger partial charge in [0.15, 0.2) is 11.5 Å². The molecule has 6 rings (SSSR count). The van der Waals surface area contributed by atoms with Crippen LogP contribution in [0.2, 0.25) is 0 Å². The van der Waals surface area contributed by atoms with Gasteiger partial charge in [0.1, 0.15) is 0 Å². The van der Waals surface area contributed by atoms with Gasteiger partial charge in [0.25, 0.3) is 0 Å². The summed E-state index contributed by atoms with van der Waals surface area (Å²) >= 11 is 0. The fourth-order valence-electron chi connectivity index (χ4n) is 4.35. The first-order valence-corrected chi connectivity index (χ1v) is 7.70. The Morgan fingerprint density at radius 1 is 0.909 bits per heavy atom. The van der Waals surface area contributed by atoms with E-state index >= 15 is 0 Å². The number of nitrogens with zero attached hydrogens (tertiary/aromatic N) is 1. The summed E-state index contributed by atoms with van der Waals surface area (Å²) in [5, 5.41) is 0. The number of benzene rings is 1. The van der Waals surface area contributed by atoms with Crippen molar-refractivity contribution in [3.05, 3.63) is 30.4 Å². The highest BCUT2D eigenvalue weighted by Gasteiger charge is 2.56. The molecule has 2 bridgehead atoms. The number of rotatable bonds is 1. The normalized spacial score (nSPS) is 34.5. The highest BCUT2D eigenvalue weighted by atomic mass is 16.7. The van der Waals surface area contributed by atoms with Crippen LogP contribution in [0.1, 0.15) is 12.8 Å². The molecule has 5 nitrogen and oxygen atoms in total. The molecule has 0 aromatic heterocycles. The van der Waals surface area contributed by atoms with Gasteiger partial charge < -0.3 is 9.47 Å². The van der Waals surface area contributed by atoms with Crippen molar-refractivity contribution in [1.82, 2.24) is 0 Å². The van der Waals surface area contributed by atoms with E-state index in [2.05, 4.69) is 12.2 Å². The van der Waals surface area contributed by atoms with Gasteiger partial charge in [0.2, 0.25) is 18.6 Å². The first-order chi connectivity index (χ1) is 10.7. The van der Waals surface area contributed by atoms with Crippen molar-refractivity contribution >= 4 is 17.5 Å². The monoisotopic (exact) mass is 297 g/mol. The maximum absolute atomic E-state index is 12.8. The molecule has 2 amide bonds. The zero-order valence-electron chi connectivity index (χ0n) is 11.9. The van der Waals surface area contributed by atoms with E-state index in [0.717, 1.165) is 12.8 Å². The number of amides is 2. The molecule has 4 atom stereocenters. The predicted octanol–water partition coefficient (Wildman–Crippen LogP) is 2.12. The number of imide groups is 1. The lowest BCUT2D eigenvalue weighted by atomic mass is 9.63. The van der Waals surface area contributed by atoms with Crippen LogP contribution >= 0.6 is 0 Å². The number of anilines is 1. The Bertz CT molecular complexity index is 693. The van der Waals surface area contributed by atoms with Crippen LogP contribution in [0.5, 0.6) is 11.5 Å². The molecule has 3 aliphatic carbocycles. The Morgan fingerprint density at radius 2 is 1.55 bits per heavy atom. The van der Waals surface area contributed by atoms with Crippen LogP contribution in [0.25, 0.3) is 0 Å². The second-order valence-electron chi connectivity index (χ2n) is 6.39. The molecule has 22 heavy (non-hydrogen) atoms. The lowest BCUT2D eigenvalue weighted by Gasteiger charge is -2.38. The standard InChI is InChI=1S/C17H15NO4/c19-16-14-9-1-2-10(4-3-9)15(14)17(20)18(16)11-5-6-12-13(7-11)22-8-21-12/h1-2,5-7,9-10,14-15H,3-4,8H2/t9-,10+,14-,15+. The zero-order chi connectivity index (χ0) is 14.8. The van der Waals surface area contributed by atoms with Gasteiger partial charge in [0.05, 0.1) is 17.5 Å². The van der Waals surface area contributed by atoms with Crippen molar-refractivity contribution in [2.24, 2.45) is 23.7 Å². The van der Waals surface area contributed by atoms with Crippen molar-refractivity contribution in [1.29, 1.82) is 0 Å². The summed E-state index contributed by atoms with van der Waals surface area (Å²) in [6, 6.07) is 5.24. The molecule has 0 unspecified atom stereocenters. The Kier molecular flexibility index (Phi) is 2.30. The molecule has 2 heterocycles. The van der Waals surface area contributed by atoms with Gasteiger partial charge in [0, 0.05) is 6.07 Å². The van der Waals surface area contributed by atoms with Gasteiger partial charge in [-0.25, -0.2) is 4.90 Å². The first kappa shape index (κ1) is 12.3. The number of carbonyl (C=O) groups excluding carboxylic acids is 2. The van der Waals surface area contributed by atoms with Crippen molar-refractivity contribution in [3.8, 4) is 11.5 Å². The highest BCUT2D eigenvalue weighted by molar-refractivity contribution is 6.22. The number of fused-ring (bicyclic) bond motifs is 2. The largest absolute Gasteiger partial charge is 0.454 e. The van der Waals surface area contributed by atoms with E-state index in [9.17, 15) is 9.59 Å². The van der Waals surface area contributed by atoms with Crippen LogP contribution in [0.4, 0.5) is 5.69 Å². The number of ether oxygens (including phenoxy) is 2. The van der Waals surface area contributed by atoms with E-state index in [-0.39, 0.29) is 42.3 Å². The predicted molar refractivity (Wildman–Crippen MR) is 77.4 cm³/mol. The third-order valence-corrected chi connectivity index (χ3v) is 5.37. The summed E-state index contributed by atoms with van der Waals surface area (Å²) < 4.78 is 10.6. The molecule has 2 aliphatic heterocycles. The van der Waals surface area contributed by atoms with Gasteiger partial charge in [-0.3, -0.25) is 9.59 Å². The lowest BCUT2D eigenvalue weighted by Crippen LogP contribution is -2.38. The third-order valence-electron chi connectivity index (χ3n) is 5.37. The Balaban J connectivity index is 1.56. The molecule has 1 saturated heterocycles. The molecule has 1 aromatic carbocycles.